The molecule has 0 saturated carbocycles. The van der Waals surface area contributed by atoms with Gasteiger partial charge in [-0.15, -0.1) is 0 Å². The van der Waals surface area contributed by atoms with E-state index in [-0.39, 0.29) is 30.8 Å². The van der Waals surface area contributed by atoms with E-state index in [4.69, 9.17) is 15.2 Å². The van der Waals surface area contributed by atoms with E-state index in [0.29, 0.717) is 30.3 Å². The number of benzene rings is 2. The molecular formula is C32H41FN6O5. The van der Waals surface area contributed by atoms with Crippen LogP contribution in [-0.2, 0) is 25.7 Å². The van der Waals surface area contributed by atoms with Crippen LogP contribution in [0.5, 0.6) is 5.75 Å². The first-order valence-electron chi connectivity index (χ1n) is 14.6. The average molecular weight is 609 g/mol. The minimum absolute atomic E-state index is 0.0677. The zero-order valence-corrected chi connectivity index (χ0v) is 25.6. The number of methoxy groups -OCH3 is 1. The van der Waals surface area contributed by atoms with Crippen LogP contribution in [-0.4, -0.2) is 70.6 Å². The number of ether oxygens (including phenoxy) is 2. The first-order chi connectivity index (χ1) is 20.9. The van der Waals surface area contributed by atoms with Crippen LogP contribution in [0.4, 0.5) is 10.2 Å². The van der Waals surface area contributed by atoms with Crippen LogP contribution in [0.15, 0.2) is 61.1 Å². The molecule has 0 aliphatic carbocycles. The highest BCUT2D eigenvalue weighted by molar-refractivity contribution is 5.98. The van der Waals surface area contributed by atoms with Gasteiger partial charge < -0.3 is 35.3 Å². The Morgan fingerprint density at radius 3 is 2.36 bits per heavy atom. The van der Waals surface area contributed by atoms with Gasteiger partial charge in [0.2, 0.25) is 11.8 Å². The highest BCUT2D eigenvalue weighted by Crippen LogP contribution is 2.27. The number of carbonyl (C=O) groups excluding carboxylic acids is 3. The van der Waals surface area contributed by atoms with Gasteiger partial charge in [-0.25, -0.2) is 9.37 Å². The number of likely N-dealkylation sites (tertiary alicyclic amines) is 1. The third kappa shape index (κ3) is 8.64. The summed E-state index contributed by atoms with van der Waals surface area (Å²) in [6.07, 6.45) is 4.95. The number of rotatable bonds is 12. The van der Waals surface area contributed by atoms with Gasteiger partial charge in [0, 0.05) is 19.3 Å². The van der Waals surface area contributed by atoms with Gasteiger partial charge in [-0.2, -0.15) is 0 Å². The monoisotopic (exact) mass is 608 g/mol. The summed E-state index contributed by atoms with van der Waals surface area (Å²) in [5.41, 5.74) is 6.15. The maximum Gasteiger partial charge on any atom is 0.250 e. The maximum absolute atomic E-state index is 13.8. The Labute approximate surface area is 256 Å². The Morgan fingerprint density at radius 1 is 1.09 bits per heavy atom. The number of hydrogen-bond acceptors (Lipinski definition) is 7. The van der Waals surface area contributed by atoms with Crippen molar-refractivity contribution in [3.63, 3.8) is 0 Å². The number of halogens is 1. The van der Waals surface area contributed by atoms with Gasteiger partial charge in [0.15, 0.2) is 5.82 Å². The fraction of sp³-hybridized carbons (Fsp3) is 0.438. The smallest absolute Gasteiger partial charge is 0.250 e. The molecule has 0 bridgehead atoms. The van der Waals surface area contributed by atoms with Crippen molar-refractivity contribution in [2.24, 2.45) is 11.7 Å². The molecule has 3 aromatic rings. The van der Waals surface area contributed by atoms with E-state index < -0.39 is 29.4 Å². The minimum atomic E-state index is -1.24. The number of nitrogens with one attached hydrogen (secondary N) is 2. The topological polar surface area (TPSA) is 141 Å². The van der Waals surface area contributed by atoms with Crippen molar-refractivity contribution in [1.82, 2.24) is 19.8 Å². The third-order valence-electron chi connectivity index (χ3n) is 7.59. The zero-order chi connectivity index (χ0) is 31.9. The van der Waals surface area contributed by atoms with Gasteiger partial charge >= 0.3 is 0 Å². The van der Waals surface area contributed by atoms with E-state index in [1.165, 1.54) is 32.3 Å². The molecular weight excluding hydrogens is 567 g/mol. The normalized spacial score (nSPS) is 15.4. The van der Waals surface area contributed by atoms with E-state index in [2.05, 4.69) is 22.5 Å². The first-order valence-corrected chi connectivity index (χ1v) is 14.6. The van der Waals surface area contributed by atoms with Gasteiger partial charge in [-0.3, -0.25) is 14.4 Å². The molecule has 1 fully saturated rings. The minimum Gasteiger partial charge on any atom is -0.497 e. The van der Waals surface area contributed by atoms with Crippen LogP contribution in [0.1, 0.15) is 50.8 Å². The Kier molecular flexibility index (Phi) is 10.7. The number of aromatic nitrogens is 2. The summed E-state index contributed by atoms with van der Waals surface area (Å²) in [6, 6.07) is 11.2. The van der Waals surface area contributed by atoms with Crippen molar-refractivity contribution in [2.75, 3.05) is 32.1 Å². The standard InChI is InChI=1S/C32H41FN6O5/c1-21-13-15-38(16-14-21)30(41)28(23-7-11-25(43-4)12-8-23)39-17-27(35-20-39)37-29(40)26(36-31(42)32(2,3)34)19-44-18-22-5-9-24(33)10-6-22/h5-12,17,20-21,26,28H,13-16,18-19,34H2,1-4H3,(H,36,42)(H,37,40). The quantitative estimate of drug-likeness (QED) is 0.287. The second-order valence-electron chi connectivity index (χ2n) is 11.8. The fourth-order valence-corrected chi connectivity index (χ4v) is 4.79. The Bertz CT molecular complexity index is 1410. The molecule has 2 heterocycles. The van der Waals surface area contributed by atoms with Crippen molar-refractivity contribution in [3.05, 3.63) is 78.0 Å². The molecule has 236 valence electrons. The summed E-state index contributed by atoms with van der Waals surface area (Å²) < 4.78 is 25.9. The number of hydrogen-bond donors (Lipinski definition) is 3. The molecule has 1 aromatic heterocycles. The lowest BCUT2D eigenvalue weighted by atomic mass is 9.97. The molecule has 1 saturated heterocycles. The molecule has 0 spiro atoms. The van der Waals surface area contributed by atoms with Gasteiger partial charge in [0.1, 0.15) is 23.7 Å². The van der Waals surface area contributed by atoms with E-state index >= 15 is 0 Å². The number of piperidine rings is 1. The largest absolute Gasteiger partial charge is 0.497 e. The summed E-state index contributed by atoms with van der Waals surface area (Å²) in [5.74, 6) is -0.143. The van der Waals surface area contributed by atoms with Crippen molar-refractivity contribution >= 4 is 23.5 Å². The summed E-state index contributed by atoms with van der Waals surface area (Å²) in [7, 11) is 1.58. The number of amides is 3. The van der Waals surface area contributed by atoms with Crippen molar-refractivity contribution < 1.29 is 28.2 Å². The Hall–Kier alpha value is -4.29. The van der Waals surface area contributed by atoms with Crippen LogP contribution in [0.3, 0.4) is 0 Å². The highest BCUT2D eigenvalue weighted by Gasteiger charge is 2.31. The summed E-state index contributed by atoms with van der Waals surface area (Å²) in [6.45, 7) is 6.50. The van der Waals surface area contributed by atoms with Gasteiger partial charge in [-0.05, 0) is 68.0 Å². The first kappa shape index (κ1) is 32.6. The molecule has 2 atom stereocenters. The van der Waals surface area contributed by atoms with Crippen molar-refractivity contribution in [3.8, 4) is 5.75 Å². The fourth-order valence-electron chi connectivity index (χ4n) is 4.79. The molecule has 4 N–H and O–H groups in total. The predicted molar refractivity (Wildman–Crippen MR) is 163 cm³/mol. The van der Waals surface area contributed by atoms with Crippen LogP contribution in [0.2, 0.25) is 0 Å². The number of nitrogens with two attached hydrogens (primary N) is 1. The van der Waals surface area contributed by atoms with Gasteiger partial charge in [-0.1, -0.05) is 31.2 Å². The Morgan fingerprint density at radius 2 is 1.75 bits per heavy atom. The lowest BCUT2D eigenvalue weighted by Crippen LogP contribution is -2.56. The number of anilines is 1. The maximum atomic E-state index is 13.8. The molecule has 4 rings (SSSR count). The highest BCUT2D eigenvalue weighted by atomic mass is 19.1. The summed E-state index contributed by atoms with van der Waals surface area (Å²) in [4.78, 5) is 46.1. The second-order valence-corrected chi connectivity index (χ2v) is 11.8. The van der Waals surface area contributed by atoms with Crippen LogP contribution in [0, 0.1) is 11.7 Å². The average Bonchev–Trinajstić information content (AvgIpc) is 3.45. The lowest BCUT2D eigenvalue weighted by molar-refractivity contribution is -0.135. The van der Waals surface area contributed by atoms with Gasteiger partial charge in [0.25, 0.3) is 5.91 Å². The second kappa shape index (κ2) is 14.5. The summed E-state index contributed by atoms with van der Waals surface area (Å²) >= 11 is 0. The molecule has 0 radical (unpaired) electrons. The number of carbonyl (C=O) groups is 3. The molecule has 3 amide bonds. The SMILES string of the molecule is COc1ccc(C(C(=O)N2CCC(C)CC2)n2cnc(NC(=O)C(COCc3ccc(F)cc3)NC(=O)C(C)(C)N)c2)cc1. The van der Waals surface area contributed by atoms with Crippen LogP contribution < -0.4 is 21.1 Å². The van der Waals surface area contributed by atoms with Gasteiger partial charge in [0.05, 0.1) is 32.2 Å². The van der Waals surface area contributed by atoms with Crippen molar-refractivity contribution in [1.29, 1.82) is 0 Å². The predicted octanol–water partition coefficient (Wildman–Crippen LogP) is 3.26. The van der Waals surface area contributed by atoms with Crippen LogP contribution in [0.25, 0.3) is 0 Å². The van der Waals surface area contributed by atoms with E-state index in [1.54, 1.807) is 42.1 Å². The summed E-state index contributed by atoms with van der Waals surface area (Å²) in [5, 5.41) is 5.36. The van der Waals surface area contributed by atoms with Crippen molar-refractivity contribution in [2.45, 2.75) is 57.8 Å². The number of imidazole rings is 1. The Balaban J connectivity index is 1.51. The van der Waals surface area contributed by atoms with E-state index in [0.717, 1.165) is 18.4 Å². The molecule has 44 heavy (non-hydrogen) atoms. The molecule has 1 aliphatic heterocycles. The van der Waals surface area contributed by atoms with Crippen LogP contribution >= 0.6 is 0 Å². The molecule has 2 aromatic carbocycles. The van der Waals surface area contributed by atoms with E-state index in [1.807, 2.05) is 17.0 Å². The molecule has 2 unspecified atom stereocenters. The third-order valence-corrected chi connectivity index (χ3v) is 7.59. The zero-order valence-electron chi connectivity index (χ0n) is 25.6. The van der Waals surface area contributed by atoms with E-state index in [9.17, 15) is 18.8 Å². The number of nitrogens with zero attached hydrogens (tertiary/aromatic N) is 3. The molecule has 1 aliphatic rings. The lowest BCUT2D eigenvalue weighted by Gasteiger charge is -2.33. The molecule has 11 nitrogen and oxygen atoms in total. The molecule has 12 heteroatoms.